The zero-order valence-corrected chi connectivity index (χ0v) is 14.0. The molecule has 16 heavy (non-hydrogen) atoms. The van der Waals surface area contributed by atoms with Crippen molar-refractivity contribution in [3.8, 4) is 0 Å². The van der Waals surface area contributed by atoms with E-state index in [1.807, 2.05) is 20.8 Å². The summed E-state index contributed by atoms with van der Waals surface area (Å²) in [5.74, 6) is -0.443. The lowest BCUT2D eigenvalue weighted by Gasteiger charge is -2.37. The van der Waals surface area contributed by atoms with Gasteiger partial charge in [0.15, 0.2) is 19.5 Å². The van der Waals surface area contributed by atoms with Gasteiger partial charge in [0.1, 0.15) is 6.29 Å². The first-order valence-corrected chi connectivity index (χ1v) is 9.71. The molecule has 0 amide bonds. The Morgan fingerprint density at radius 3 is 1.94 bits per heavy atom. The van der Waals surface area contributed by atoms with Crippen LogP contribution < -0.4 is 0 Å². The number of carbonyl (C=O) groups excluding carboxylic acids is 1. The molecule has 0 aromatic heterocycles. The second-order valence-electron chi connectivity index (χ2n) is 4.31. The third-order valence-corrected chi connectivity index (χ3v) is 4.19. The SMILES string of the molecule is COC(=O)C(C)C(C)(C)C(O[SiH2]C)O[SiH2]C. The van der Waals surface area contributed by atoms with Crippen LogP contribution in [0.5, 0.6) is 0 Å². The van der Waals surface area contributed by atoms with E-state index in [9.17, 15) is 4.79 Å². The standard InChI is InChI=1S/C10H24O4Si2/c1-7(8(11)12-4)10(2,3)9(13-15-5)14-16-6/h7,9H,15-16H2,1-6H3. The number of rotatable bonds is 7. The summed E-state index contributed by atoms with van der Waals surface area (Å²) in [4.78, 5) is 11.6. The maximum Gasteiger partial charge on any atom is 0.309 e. The molecule has 4 nitrogen and oxygen atoms in total. The van der Waals surface area contributed by atoms with Crippen LogP contribution in [0.4, 0.5) is 0 Å². The average molecular weight is 264 g/mol. The molecule has 0 aromatic rings. The highest BCUT2D eigenvalue weighted by Crippen LogP contribution is 2.33. The van der Waals surface area contributed by atoms with Crippen molar-refractivity contribution in [3.63, 3.8) is 0 Å². The lowest BCUT2D eigenvalue weighted by molar-refractivity contribution is -0.160. The molecular formula is C10H24O4Si2. The van der Waals surface area contributed by atoms with E-state index in [0.717, 1.165) is 0 Å². The van der Waals surface area contributed by atoms with E-state index in [-0.39, 0.29) is 23.6 Å². The Hall–Kier alpha value is -0.176. The molecule has 96 valence electrons. The van der Waals surface area contributed by atoms with Crippen molar-refractivity contribution >= 4 is 25.5 Å². The predicted octanol–water partition coefficient (Wildman–Crippen LogP) is 0.445. The van der Waals surface area contributed by atoms with Gasteiger partial charge in [-0.2, -0.15) is 0 Å². The van der Waals surface area contributed by atoms with Crippen molar-refractivity contribution in [1.29, 1.82) is 0 Å². The second-order valence-corrected chi connectivity index (χ2v) is 6.13. The topological polar surface area (TPSA) is 44.8 Å². The largest absolute Gasteiger partial charge is 0.469 e. The Morgan fingerprint density at radius 2 is 1.62 bits per heavy atom. The number of hydrogen-bond acceptors (Lipinski definition) is 4. The normalized spacial score (nSPS) is 17.1. The van der Waals surface area contributed by atoms with Crippen molar-refractivity contribution < 1.29 is 18.4 Å². The summed E-state index contributed by atoms with van der Waals surface area (Å²) < 4.78 is 16.2. The predicted molar refractivity (Wildman–Crippen MR) is 69.7 cm³/mol. The van der Waals surface area contributed by atoms with Crippen LogP contribution in [0.15, 0.2) is 0 Å². The highest BCUT2D eigenvalue weighted by Gasteiger charge is 2.40. The first-order valence-electron chi connectivity index (χ1n) is 5.72. The summed E-state index contributed by atoms with van der Waals surface area (Å²) in [6.45, 7) is 9.97. The summed E-state index contributed by atoms with van der Waals surface area (Å²) >= 11 is 0. The van der Waals surface area contributed by atoms with Crippen LogP contribution in [0.2, 0.25) is 13.1 Å². The summed E-state index contributed by atoms with van der Waals surface area (Å²) in [5, 5.41) is 0. The molecule has 6 heteroatoms. The van der Waals surface area contributed by atoms with Gasteiger partial charge in [-0.25, -0.2) is 0 Å². The van der Waals surface area contributed by atoms with Gasteiger partial charge in [0.2, 0.25) is 0 Å². The Morgan fingerprint density at radius 1 is 1.19 bits per heavy atom. The number of hydrogen-bond donors (Lipinski definition) is 0. The number of methoxy groups -OCH3 is 1. The fraction of sp³-hybridized carbons (Fsp3) is 0.900. The minimum absolute atomic E-state index is 0.210. The minimum Gasteiger partial charge on any atom is -0.469 e. The molecule has 0 spiro atoms. The van der Waals surface area contributed by atoms with Crippen LogP contribution in [0.3, 0.4) is 0 Å². The second kappa shape index (κ2) is 7.21. The van der Waals surface area contributed by atoms with Crippen LogP contribution in [0.1, 0.15) is 20.8 Å². The fourth-order valence-corrected chi connectivity index (χ4v) is 3.31. The quantitative estimate of drug-likeness (QED) is 0.380. The Kier molecular flexibility index (Phi) is 7.13. The van der Waals surface area contributed by atoms with Crippen molar-refractivity contribution in [1.82, 2.24) is 0 Å². The zero-order chi connectivity index (χ0) is 12.8. The van der Waals surface area contributed by atoms with E-state index in [1.54, 1.807) is 0 Å². The summed E-state index contributed by atoms with van der Waals surface area (Å²) in [6, 6.07) is 0. The van der Waals surface area contributed by atoms with Gasteiger partial charge in [-0.05, 0) is 0 Å². The van der Waals surface area contributed by atoms with Gasteiger partial charge in [0.25, 0.3) is 0 Å². The molecule has 1 atom stereocenters. The summed E-state index contributed by atoms with van der Waals surface area (Å²) in [5.41, 5.74) is -0.348. The van der Waals surface area contributed by atoms with E-state index in [1.165, 1.54) is 7.11 Å². The molecule has 1 unspecified atom stereocenters. The van der Waals surface area contributed by atoms with E-state index >= 15 is 0 Å². The molecular weight excluding hydrogens is 240 g/mol. The number of ether oxygens (including phenoxy) is 1. The van der Waals surface area contributed by atoms with Crippen LogP contribution in [0, 0.1) is 11.3 Å². The Bertz CT molecular complexity index is 215. The van der Waals surface area contributed by atoms with Gasteiger partial charge < -0.3 is 13.6 Å². The van der Waals surface area contributed by atoms with Crippen LogP contribution in [-0.4, -0.2) is 38.9 Å². The highest BCUT2D eigenvalue weighted by atomic mass is 28.2. The zero-order valence-electron chi connectivity index (χ0n) is 11.2. The monoisotopic (exact) mass is 264 g/mol. The fourth-order valence-electron chi connectivity index (χ4n) is 1.47. The summed E-state index contributed by atoms with van der Waals surface area (Å²) in [6.07, 6.45) is -0.269. The molecule has 0 rings (SSSR count). The summed E-state index contributed by atoms with van der Waals surface area (Å²) in [7, 11) is 0.309. The van der Waals surface area contributed by atoms with Gasteiger partial charge in [-0.15, -0.1) is 0 Å². The van der Waals surface area contributed by atoms with E-state index < -0.39 is 19.5 Å². The van der Waals surface area contributed by atoms with Crippen molar-refractivity contribution in [2.75, 3.05) is 7.11 Å². The Balaban J connectivity index is 4.73. The van der Waals surface area contributed by atoms with E-state index in [0.29, 0.717) is 0 Å². The van der Waals surface area contributed by atoms with E-state index in [4.69, 9.17) is 13.6 Å². The maximum atomic E-state index is 11.6. The Labute approximate surface area is 103 Å². The molecule has 0 heterocycles. The van der Waals surface area contributed by atoms with Gasteiger partial charge in [-0.3, -0.25) is 4.79 Å². The maximum absolute atomic E-state index is 11.6. The third kappa shape index (κ3) is 4.01. The van der Waals surface area contributed by atoms with Crippen molar-refractivity contribution in [2.24, 2.45) is 11.3 Å². The first kappa shape index (κ1) is 15.8. The molecule has 0 aliphatic carbocycles. The number of esters is 1. The van der Waals surface area contributed by atoms with Crippen LogP contribution in [0.25, 0.3) is 0 Å². The van der Waals surface area contributed by atoms with Gasteiger partial charge in [0, 0.05) is 5.41 Å². The molecule has 0 saturated carbocycles. The smallest absolute Gasteiger partial charge is 0.309 e. The molecule has 0 aliphatic rings. The van der Waals surface area contributed by atoms with Crippen molar-refractivity contribution in [3.05, 3.63) is 0 Å². The van der Waals surface area contributed by atoms with Crippen molar-refractivity contribution in [2.45, 2.75) is 40.2 Å². The molecule has 0 aliphatic heterocycles. The average Bonchev–Trinajstić information content (AvgIpc) is 2.26. The lowest BCUT2D eigenvalue weighted by atomic mass is 9.79. The van der Waals surface area contributed by atoms with Gasteiger partial charge >= 0.3 is 5.97 Å². The molecule has 0 N–H and O–H groups in total. The van der Waals surface area contributed by atoms with Gasteiger partial charge in [-0.1, -0.05) is 33.9 Å². The van der Waals surface area contributed by atoms with Crippen LogP contribution in [-0.2, 0) is 18.4 Å². The first-order chi connectivity index (χ1) is 7.41. The van der Waals surface area contributed by atoms with E-state index in [2.05, 4.69) is 13.1 Å². The highest BCUT2D eigenvalue weighted by molar-refractivity contribution is 6.26. The van der Waals surface area contributed by atoms with Gasteiger partial charge in [0.05, 0.1) is 13.0 Å². The molecule has 0 saturated heterocycles. The molecule has 0 radical (unpaired) electrons. The molecule has 0 aromatic carbocycles. The third-order valence-electron chi connectivity index (χ3n) is 2.91. The number of carbonyl (C=O) groups is 1. The molecule has 0 fully saturated rings. The minimum atomic E-state index is -0.551. The molecule has 0 bridgehead atoms. The lowest BCUT2D eigenvalue weighted by Crippen LogP contribution is -2.43. The van der Waals surface area contributed by atoms with Crippen LogP contribution >= 0.6 is 0 Å².